The fourth-order valence-corrected chi connectivity index (χ4v) is 2.25. The van der Waals surface area contributed by atoms with E-state index in [4.69, 9.17) is 4.74 Å². The Morgan fingerprint density at radius 1 is 1.12 bits per heavy atom. The highest BCUT2D eigenvalue weighted by Crippen LogP contribution is 1.93. The van der Waals surface area contributed by atoms with Crippen LogP contribution in [-0.4, -0.2) is 88.2 Å². The van der Waals surface area contributed by atoms with E-state index >= 15 is 0 Å². The highest BCUT2D eigenvalue weighted by Gasteiger charge is 2.09. The summed E-state index contributed by atoms with van der Waals surface area (Å²) in [6.45, 7) is 12.4. The molecule has 24 heavy (non-hydrogen) atoms. The highest BCUT2D eigenvalue weighted by atomic mass is 16.5. The van der Waals surface area contributed by atoms with Gasteiger partial charge in [-0.15, -0.1) is 0 Å². The third-order valence-corrected chi connectivity index (χ3v) is 3.74. The van der Waals surface area contributed by atoms with Crippen molar-refractivity contribution in [2.45, 2.75) is 33.6 Å². The second-order valence-corrected chi connectivity index (χ2v) is 5.65. The number of carbonyl (C=O) groups excluding carboxylic acids is 1. The van der Waals surface area contributed by atoms with Crippen LogP contribution in [0.15, 0.2) is 4.99 Å². The first-order valence-corrected chi connectivity index (χ1v) is 9.06. The van der Waals surface area contributed by atoms with Gasteiger partial charge in [0.2, 0.25) is 5.91 Å². The predicted molar refractivity (Wildman–Crippen MR) is 101 cm³/mol. The lowest BCUT2D eigenvalue weighted by Gasteiger charge is -2.19. The van der Waals surface area contributed by atoms with E-state index in [1.807, 2.05) is 25.7 Å². The third-order valence-electron chi connectivity index (χ3n) is 3.74. The first-order chi connectivity index (χ1) is 11.6. The molecule has 0 fully saturated rings. The largest absolute Gasteiger partial charge is 0.383 e. The number of nitrogens with one attached hydrogen (secondary N) is 2. The summed E-state index contributed by atoms with van der Waals surface area (Å²) in [7, 11) is 3.81. The van der Waals surface area contributed by atoms with Crippen LogP contribution in [0.25, 0.3) is 0 Å². The second-order valence-electron chi connectivity index (χ2n) is 5.65. The third kappa shape index (κ3) is 11.2. The first-order valence-electron chi connectivity index (χ1n) is 9.06. The van der Waals surface area contributed by atoms with Gasteiger partial charge >= 0.3 is 0 Å². The lowest BCUT2D eigenvalue weighted by molar-refractivity contribution is -0.130. The van der Waals surface area contributed by atoms with E-state index in [0.29, 0.717) is 13.0 Å². The lowest BCUT2D eigenvalue weighted by atomic mass is 10.3. The van der Waals surface area contributed by atoms with E-state index in [9.17, 15) is 4.79 Å². The van der Waals surface area contributed by atoms with Gasteiger partial charge in [0.15, 0.2) is 5.96 Å². The number of methoxy groups -OCH3 is 1. The second kappa shape index (κ2) is 15.2. The van der Waals surface area contributed by atoms with Crippen molar-refractivity contribution in [1.29, 1.82) is 0 Å². The Bertz CT molecular complexity index is 346. The molecule has 1 amide bonds. The molecule has 0 aliphatic rings. The molecule has 0 aromatic heterocycles. The van der Waals surface area contributed by atoms with Gasteiger partial charge in [0, 0.05) is 52.8 Å². The van der Waals surface area contributed by atoms with Gasteiger partial charge in [-0.2, -0.15) is 0 Å². The molecule has 0 bridgehead atoms. The average molecular weight is 344 g/mol. The van der Waals surface area contributed by atoms with E-state index in [2.05, 4.69) is 27.6 Å². The van der Waals surface area contributed by atoms with Crippen molar-refractivity contribution in [3.8, 4) is 0 Å². The molecule has 2 N–H and O–H groups in total. The van der Waals surface area contributed by atoms with Crippen molar-refractivity contribution >= 4 is 11.9 Å². The van der Waals surface area contributed by atoms with Gasteiger partial charge in [-0.25, -0.2) is 0 Å². The minimum Gasteiger partial charge on any atom is -0.383 e. The molecule has 0 radical (unpaired) electrons. The minimum atomic E-state index is 0.183. The van der Waals surface area contributed by atoms with E-state index in [1.54, 1.807) is 7.11 Å². The molecule has 0 aromatic rings. The summed E-state index contributed by atoms with van der Waals surface area (Å²) in [5.41, 5.74) is 0. The maximum atomic E-state index is 12.0. The maximum Gasteiger partial charge on any atom is 0.224 e. The molecule has 0 spiro atoms. The summed E-state index contributed by atoms with van der Waals surface area (Å²) < 4.78 is 5.07. The summed E-state index contributed by atoms with van der Waals surface area (Å²) in [4.78, 5) is 20.6. The van der Waals surface area contributed by atoms with Crippen LogP contribution in [0.1, 0.15) is 33.6 Å². The Kier molecular flexibility index (Phi) is 14.4. The molecule has 0 rings (SSSR count). The van der Waals surface area contributed by atoms with E-state index in [1.165, 1.54) is 0 Å². The number of aliphatic imine (C=N–C) groups is 1. The topological polar surface area (TPSA) is 69.2 Å². The van der Waals surface area contributed by atoms with Gasteiger partial charge in [0.25, 0.3) is 0 Å². The first kappa shape index (κ1) is 22.7. The fraction of sp³-hybridized carbons (Fsp3) is 0.882. The van der Waals surface area contributed by atoms with Crippen LogP contribution >= 0.6 is 0 Å². The van der Waals surface area contributed by atoms with Crippen molar-refractivity contribution < 1.29 is 9.53 Å². The Morgan fingerprint density at radius 2 is 1.83 bits per heavy atom. The van der Waals surface area contributed by atoms with Crippen molar-refractivity contribution in [2.24, 2.45) is 4.99 Å². The zero-order valence-corrected chi connectivity index (χ0v) is 16.2. The number of ether oxygens (including phenoxy) is 1. The number of likely N-dealkylation sites (N-methyl/N-ethyl adjacent to an activating group) is 1. The minimum absolute atomic E-state index is 0.183. The molecule has 142 valence electrons. The van der Waals surface area contributed by atoms with Crippen LogP contribution in [0.5, 0.6) is 0 Å². The summed E-state index contributed by atoms with van der Waals surface area (Å²) in [6.07, 6.45) is 1.49. The van der Waals surface area contributed by atoms with E-state index in [0.717, 1.165) is 58.3 Å². The number of hydrogen-bond acceptors (Lipinski definition) is 4. The van der Waals surface area contributed by atoms with Gasteiger partial charge in [0.1, 0.15) is 0 Å². The molecule has 0 heterocycles. The van der Waals surface area contributed by atoms with Crippen LogP contribution in [0.3, 0.4) is 0 Å². The standard InChI is InChI=1S/C17H37N5O2/c1-6-18-17(19-11-9-13-21(4)14-15-24-5)20-12-10-16(23)22(7-2)8-3/h6-15H2,1-5H3,(H2,18,19,20). The highest BCUT2D eigenvalue weighted by molar-refractivity contribution is 5.81. The number of guanidine groups is 1. The van der Waals surface area contributed by atoms with Crippen LogP contribution in [0.2, 0.25) is 0 Å². The normalized spacial score (nSPS) is 11.7. The smallest absolute Gasteiger partial charge is 0.224 e. The Labute approximate surface area is 147 Å². The van der Waals surface area contributed by atoms with Gasteiger partial charge in [-0.1, -0.05) is 0 Å². The molecule has 7 nitrogen and oxygen atoms in total. The molecule has 7 heteroatoms. The molecule has 0 unspecified atom stereocenters. The van der Waals surface area contributed by atoms with Crippen molar-refractivity contribution in [3.63, 3.8) is 0 Å². The Hall–Kier alpha value is -1.34. The molecule has 0 saturated carbocycles. The summed E-state index contributed by atoms with van der Waals surface area (Å²) in [6, 6.07) is 0. The van der Waals surface area contributed by atoms with E-state index < -0.39 is 0 Å². The molecule has 0 aliphatic carbocycles. The molecule has 0 saturated heterocycles. The molecule has 0 atom stereocenters. The number of hydrogen-bond donors (Lipinski definition) is 2. The van der Waals surface area contributed by atoms with Gasteiger partial charge in [-0.05, 0) is 40.8 Å². The van der Waals surface area contributed by atoms with Crippen LogP contribution in [0, 0.1) is 0 Å². The van der Waals surface area contributed by atoms with Crippen LogP contribution < -0.4 is 10.6 Å². The summed E-state index contributed by atoms with van der Waals surface area (Å²) >= 11 is 0. The average Bonchev–Trinajstić information content (AvgIpc) is 2.57. The van der Waals surface area contributed by atoms with Crippen LogP contribution in [-0.2, 0) is 9.53 Å². The monoisotopic (exact) mass is 343 g/mol. The zero-order chi connectivity index (χ0) is 18.2. The number of nitrogens with zero attached hydrogens (tertiary/aromatic N) is 3. The predicted octanol–water partition coefficient (Wildman–Crippen LogP) is 0.768. The molecular formula is C17H37N5O2. The lowest BCUT2D eigenvalue weighted by Crippen LogP contribution is -2.40. The SMILES string of the molecule is CCNC(=NCCCN(C)CCOC)NCCC(=O)N(CC)CC. The van der Waals surface area contributed by atoms with E-state index in [-0.39, 0.29) is 5.91 Å². The Balaban J connectivity index is 4.08. The van der Waals surface area contributed by atoms with Gasteiger partial charge in [-0.3, -0.25) is 9.79 Å². The Morgan fingerprint density at radius 3 is 2.42 bits per heavy atom. The van der Waals surface area contributed by atoms with Crippen molar-refractivity contribution in [1.82, 2.24) is 20.4 Å². The molecular weight excluding hydrogens is 306 g/mol. The van der Waals surface area contributed by atoms with Crippen LogP contribution in [0.4, 0.5) is 0 Å². The summed E-state index contributed by atoms with van der Waals surface area (Å²) in [5, 5.41) is 6.45. The molecule has 0 aromatic carbocycles. The number of carbonyl (C=O) groups is 1. The quantitative estimate of drug-likeness (QED) is 0.294. The van der Waals surface area contributed by atoms with Crippen molar-refractivity contribution in [2.75, 3.05) is 66.6 Å². The fourth-order valence-electron chi connectivity index (χ4n) is 2.25. The number of amides is 1. The van der Waals surface area contributed by atoms with Crippen molar-refractivity contribution in [3.05, 3.63) is 0 Å². The maximum absolute atomic E-state index is 12.0. The summed E-state index contributed by atoms with van der Waals surface area (Å²) in [5.74, 6) is 0.965. The van der Waals surface area contributed by atoms with Gasteiger partial charge in [0.05, 0.1) is 6.61 Å². The molecule has 0 aliphatic heterocycles. The van der Waals surface area contributed by atoms with Gasteiger partial charge < -0.3 is 25.2 Å². The zero-order valence-electron chi connectivity index (χ0n) is 16.2. The number of rotatable bonds is 13.